The summed E-state index contributed by atoms with van der Waals surface area (Å²) in [6.45, 7) is 1.17. The Morgan fingerprint density at radius 2 is 2.40 bits per heavy atom. The lowest BCUT2D eigenvalue weighted by Crippen LogP contribution is -2.71. The summed E-state index contributed by atoms with van der Waals surface area (Å²) in [5.41, 5.74) is -0.575. The lowest BCUT2D eigenvalue weighted by atomic mass is 9.93. The Balaban J connectivity index is 2.55. The number of nitrogens with two attached hydrogens (primary N) is 1. The van der Waals surface area contributed by atoms with Gasteiger partial charge in [0.25, 0.3) is 0 Å². The third kappa shape index (κ3) is 0.880. The second-order valence-electron chi connectivity index (χ2n) is 2.34. The van der Waals surface area contributed by atoms with Crippen molar-refractivity contribution < 1.29 is 9.63 Å². The van der Waals surface area contributed by atoms with Crippen molar-refractivity contribution in [3.05, 3.63) is 0 Å². The molecular formula is C5H11N3O2. The Morgan fingerprint density at radius 3 is 2.50 bits per heavy atom. The van der Waals surface area contributed by atoms with Crippen LogP contribution in [-0.2, 0) is 9.63 Å². The molecule has 0 saturated carbocycles. The van der Waals surface area contributed by atoms with Gasteiger partial charge in [-0.3, -0.25) is 0 Å². The van der Waals surface area contributed by atoms with Gasteiger partial charge in [0, 0.05) is 13.1 Å². The van der Waals surface area contributed by atoms with E-state index in [1.54, 1.807) is 7.05 Å². The van der Waals surface area contributed by atoms with Gasteiger partial charge in [-0.2, -0.15) is 5.90 Å². The minimum atomic E-state index is -0.575. The topological polar surface area (TPSA) is 76.4 Å². The van der Waals surface area contributed by atoms with Crippen LogP contribution in [0.4, 0.5) is 0 Å². The zero-order chi connectivity index (χ0) is 7.61. The van der Waals surface area contributed by atoms with E-state index in [0.717, 1.165) is 0 Å². The van der Waals surface area contributed by atoms with Crippen molar-refractivity contribution in [3.8, 4) is 0 Å². The predicted molar refractivity (Wildman–Crippen MR) is 34.9 cm³/mol. The molecule has 5 heteroatoms. The predicted octanol–water partition coefficient (Wildman–Crippen LogP) is -2.04. The maximum atomic E-state index is 10.9. The van der Waals surface area contributed by atoms with E-state index in [1.165, 1.54) is 0 Å². The van der Waals surface area contributed by atoms with Crippen LogP contribution in [0.2, 0.25) is 0 Å². The molecule has 1 saturated heterocycles. The van der Waals surface area contributed by atoms with E-state index < -0.39 is 11.5 Å². The van der Waals surface area contributed by atoms with Crippen LogP contribution < -0.4 is 16.5 Å². The van der Waals surface area contributed by atoms with Crippen LogP contribution in [0, 0.1) is 0 Å². The third-order valence-corrected chi connectivity index (χ3v) is 1.83. The second-order valence-corrected chi connectivity index (χ2v) is 2.34. The molecule has 1 rings (SSSR count). The molecule has 0 radical (unpaired) electrons. The molecule has 0 aliphatic carbocycles. The first-order valence-electron chi connectivity index (χ1n) is 3.06. The molecule has 58 valence electrons. The highest BCUT2D eigenvalue weighted by Crippen LogP contribution is 2.10. The summed E-state index contributed by atoms with van der Waals surface area (Å²) in [6.07, 6.45) is 0. The first kappa shape index (κ1) is 7.46. The van der Waals surface area contributed by atoms with Crippen molar-refractivity contribution in [1.29, 1.82) is 0 Å². The van der Waals surface area contributed by atoms with Crippen LogP contribution in [0.3, 0.4) is 0 Å². The van der Waals surface area contributed by atoms with Crippen LogP contribution in [0.5, 0.6) is 0 Å². The lowest BCUT2D eigenvalue weighted by molar-refractivity contribution is -0.154. The molecule has 1 heterocycles. The minimum Gasteiger partial charge on any atom is -0.372 e. The Kier molecular flexibility index (Phi) is 1.89. The fourth-order valence-corrected chi connectivity index (χ4v) is 0.911. The SMILES string of the molecule is CNC1(C(=O)ON)CNC1. The summed E-state index contributed by atoms with van der Waals surface area (Å²) < 4.78 is 0. The van der Waals surface area contributed by atoms with Crippen molar-refractivity contribution in [2.45, 2.75) is 5.54 Å². The highest BCUT2D eigenvalue weighted by molar-refractivity contribution is 5.82. The number of carbonyl (C=O) groups excluding carboxylic acids is 1. The average Bonchev–Trinajstić information content (AvgIpc) is 1.86. The third-order valence-electron chi connectivity index (χ3n) is 1.83. The maximum absolute atomic E-state index is 10.9. The van der Waals surface area contributed by atoms with Gasteiger partial charge in [-0.25, -0.2) is 4.79 Å². The van der Waals surface area contributed by atoms with Crippen LogP contribution in [0.15, 0.2) is 0 Å². The monoisotopic (exact) mass is 145 g/mol. The first-order valence-corrected chi connectivity index (χ1v) is 3.06. The van der Waals surface area contributed by atoms with Crippen molar-refractivity contribution in [2.75, 3.05) is 20.1 Å². The molecule has 0 aromatic heterocycles. The number of carbonyl (C=O) groups is 1. The summed E-state index contributed by atoms with van der Waals surface area (Å²) in [5.74, 6) is 4.32. The number of likely N-dealkylation sites (N-methyl/N-ethyl adjacent to an activating group) is 1. The van der Waals surface area contributed by atoms with E-state index in [9.17, 15) is 4.79 Å². The van der Waals surface area contributed by atoms with Gasteiger partial charge in [-0.1, -0.05) is 0 Å². The van der Waals surface area contributed by atoms with Crippen molar-refractivity contribution >= 4 is 5.97 Å². The van der Waals surface area contributed by atoms with Crippen LogP contribution in [-0.4, -0.2) is 31.6 Å². The minimum absolute atomic E-state index is 0.409. The highest BCUT2D eigenvalue weighted by Gasteiger charge is 2.44. The number of hydrogen-bond donors (Lipinski definition) is 3. The van der Waals surface area contributed by atoms with Gasteiger partial charge in [-0.05, 0) is 7.05 Å². The average molecular weight is 145 g/mol. The molecule has 0 amide bonds. The summed E-state index contributed by atoms with van der Waals surface area (Å²) >= 11 is 0. The normalized spacial score (nSPS) is 21.4. The smallest absolute Gasteiger partial charge is 0.347 e. The van der Waals surface area contributed by atoms with Gasteiger partial charge >= 0.3 is 5.97 Å². The van der Waals surface area contributed by atoms with Crippen LogP contribution >= 0.6 is 0 Å². The molecule has 0 aromatic carbocycles. The molecule has 1 fully saturated rings. The van der Waals surface area contributed by atoms with Gasteiger partial charge < -0.3 is 15.5 Å². The molecule has 10 heavy (non-hydrogen) atoms. The molecule has 0 spiro atoms. The standard InChI is InChI=1S/C5H11N3O2/c1-7-5(2-8-3-5)4(9)10-6/h7-8H,2-3,6H2,1H3. The molecule has 0 aromatic rings. The summed E-state index contributed by atoms with van der Waals surface area (Å²) in [5, 5.41) is 5.80. The zero-order valence-electron chi connectivity index (χ0n) is 5.81. The molecule has 4 N–H and O–H groups in total. The highest BCUT2D eigenvalue weighted by atomic mass is 16.7. The Bertz CT molecular complexity index is 138. The largest absolute Gasteiger partial charge is 0.372 e. The van der Waals surface area contributed by atoms with E-state index in [-0.39, 0.29) is 0 Å². The van der Waals surface area contributed by atoms with Gasteiger partial charge in [0.05, 0.1) is 0 Å². The molecule has 0 atom stereocenters. The van der Waals surface area contributed by atoms with Crippen LogP contribution in [0.1, 0.15) is 0 Å². The van der Waals surface area contributed by atoms with Crippen LogP contribution in [0.25, 0.3) is 0 Å². The molecule has 5 nitrogen and oxygen atoms in total. The zero-order valence-corrected chi connectivity index (χ0v) is 5.81. The van der Waals surface area contributed by atoms with Crippen molar-refractivity contribution in [3.63, 3.8) is 0 Å². The Labute approximate surface area is 58.9 Å². The van der Waals surface area contributed by atoms with Gasteiger partial charge in [0.15, 0.2) is 0 Å². The van der Waals surface area contributed by atoms with E-state index >= 15 is 0 Å². The molecular weight excluding hydrogens is 134 g/mol. The number of hydrogen-bond acceptors (Lipinski definition) is 5. The first-order chi connectivity index (χ1) is 4.75. The van der Waals surface area contributed by atoms with Gasteiger partial charge in [0.2, 0.25) is 0 Å². The fourth-order valence-electron chi connectivity index (χ4n) is 0.911. The second kappa shape index (κ2) is 2.53. The quantitative estimate of drug-likeness (QED) is 0.390. The Morgan fingerprint density at radius 1 is 1.80 bits per heavy atom. The fraction of sp³-hybridized carbons (Fsp3) is 0.800. The summed E-state index contributed by atoms with van der Waals surface area (Å²) in [4.78, 5) is 15.0. The molecule has 1 aliphatic heterocycles. The van der Waals surface area contributed by atoms with Gasteiger partial charge in [-0.15, -0.1) is 0 Å². The van der Waals surface area contributed by atoms with E-state index in [0.29, 0.717) is 13.1 Å². The van der Waals surface area contributed by atoms with Gasteiger partial charge in [0.1, 0.15) is 5.54 Å². The lowest BCUT2D eigenvalue weighted by Gasteiger charge is -2.38. The number of nitrogens with one attached hydrogen (secondary N) is 2. The summed E-state index contributed by atoms with van der Waals surface area (Å²) in [6, 6.07) is 0. The molecule has 0 bridgehead atoms. The Hall–Kier alpha value is -0.650. The molecule has 0 unspecified atom stereocenters. The van der Waals surface area contributed by atoms with E-state index in [2.05, 4.69) is 15.5 Å². The summed E-state index contributed by atoms with van der Waals surface area (Å²) in [7, 11) is 1.71. The van der Waals surface area contributed by atoms with E-state index in [1.807, 2.05) is 0 Å². The van der Waals surface area contributed by atoms with Crippen molar-refractivity contribution in [2.24, 2.45) is 5.90 Å². The van der Waals surface area contributed by atoms with E-state index in [4.69, 9.17) is 5.90 Å². The molecule has 1 aliphatic rings. The maximum Gasteiger partial charge on any atom is 0.347 e. The number of rotatable bonds is 2. The van der Waals surface area contributed by atoms with Crippen molar-refractivity contribution in [1.82, 2.24) is 10.6 Å².